The maximum absolute atomic E-state index is 12.0. The first kappa shape index (κ1) is 67.1. The lowest BCUT2D eigenvalue weighted by Crippen LogP contribution is -2.59. The normalized spacial score (nSPS) is 16.7. The van der Waals surface area contributed by atoms with Gasteiger partial charge in [0.25, 0.3) is 23.6 Å². The van der Waals surface area contributed by atoms with Crippen LogP contribution < -0.4 is 20.7 Å². The lowest BCUT2D eigenvalue weighted by atomic mass is 9.71. The molecule has 0 bridgehead atoms. The number of imide groups is 2. The predicted molar refractivity (Wildman–Crippen MR) is 304 cm³/mol. The SMILES string of the molecule is CC1(C)CCCC(C)(C)N1Cc1cccc(CN2C(C)(C)CCCC2(C)C)c1B(O)O.CN.CN1C(=O)c2ccc(Oc3ccc4c(c3)C(=O)N(C)C4=O)cc2C1=O.O=C(O)c1ccc(Oc2ccccc2)cc1C(=O)O.O=C=O.O=C=O. The summed E-state index contributed by atoms with van der Waals surface area (Å²) < 4.78 is 11.2. The Bertz CT molecular complexity index is 3080. The van der Waals surface area contributed by atoms with E-state index in [9.17, 15) is 38.8 Å². The van der Waals surface area contributed by atoms with Gasteiger partial charge < -0.3 is 35.5 Å². The van der Waals surface area contributed by atoms with E-state index in [0.717, 1.165) is 34.0 Å². The first-order valence-corrected chi connectivity index (χ1v) is 26.5. The molecule has 0 saturated carbocycles. The van der Waals surface area contributed by atoms with E-state index in [1.165, 1.54) is 102 Å². The van der Waals surface area contributed by atoms with Crippen molar-refractivity contribution in [2.75, 3.05) is 21.1 Å². The lowest BCUT2D eigenvalue weighted by Gasteiger charge is -2.54. The van der Waals surface area contributed by atoms with Crippen molar-refractivity contribution in [2.24, 2.45) is 5.73 Å². The molecule has 0 radical (unpaired) electrons. The number of carbonyl (C=O) groups is 6. The Morgan fingerprint density at radius 3 is 1.19 bits per heavy atom. The van der Waals surface area contributed by atoms with E-state index < -0.39 is 19.1 Å². The van der Waals surface area contributed by atoms with E-state index in [2.05, 4.69) is 89.1 Å². The molecule has 6 N–H and O–H groups in total. The van der Waals surface area contributed by atoms with Crippen LogP contribution in [-0.2, 0) is 32.3 Å². The van der Waals surface area contributed by atoms with E-state index >= 15 is 0 Å². The molecule has 0 aromatic heterocycles. The molecule has 2 fully saturated rings. The molecule has 4 amide bonds. The van der Waals surface area contributed by atoms with Gasteiger partial charge in [-0.25, -0.2) is 9.59 Å². The topological polar surface area (TPSA) is 309 Å². The van der Waals surface area contributed by atoms with Crippen molar-refractivity contribution in [3.8, 4) is 23.0 Å². The number of carboxylic acids is 2. The molecule has 0 unspecified atom stereocenters. The molecule has 4 heterocycles. The van der Waals surface area contributed by atoms with Crippen LogP contribution in [0.3, 0.4) is 0 Å². The zero-order valence-electron chi connectivity index (χ0n) is 48.6. The van der Waals surface area contributed by atoms with Gasteiger partial charge in [-0.2, -0.15) is 19.2 Å². The van der Waals surface area contributed by atoms with E-state index in [4.69, 9.17) is 38.9 Å². The third-order valence-electron chi connectivity index (χ3n) is 15.1. The number of ether oxygens (including phenoxy) is 2. The predicted octanol–water partition coefficient (Wildman–Crippen LogP) is 7.67. The smallest absolute Gasteiger partial charge is 0.478 e. The minimum Gasteiger partial charge on any atom is -0.478 e. The number of likely N-dealkylation sites (tertiary alicyclic amines) is 2. The van der Waals surface area contributed by atoms with E-state index in [-0.39, 0.29) is 86.1 Å². The summed E-state index contributed by atoms with van der Waals surface area (Å²) in [7, 11) is 2.88. The van der Waals surface area contributed by atoms with Crippen LogP contribution >= 0.6 is 0 Å². The fraction of sp³-hybridized carbons (Fsp3) is 0.377. The van der Waals surface area contributed by atoms with Gasteiger partial charge in [0.05, 0.1) is 33.4 Å². The van der Waals surface area contributed by atoms with Gasteiger partial charge in [-0.05, 0) is 184 Å². The van der Waals surface area contributed by atoms with Gasteiger partial charge in [-0.1, -0.05) is 36.4 Å². The van der Waals surface area contributed by atoms with Crippen molar-refractivity contribution < 1.29 is 77.7 Å². The number of carboxylic acid groups (broad SMARTS) is 2. The van der Waals surface area contributed by atoms with Gasteiger partial charge in [-0.15, -0.1) is 0 Å². The van der Waals surface area contributed by atoms with Crippen molar-refractivity contribution in [3.05, 3.63) is 148 Å². The van der Waals surface area contributed by atoms with Crippen LogP contribution in [0.15, 0.2) is 103 Å². The molecular formula is C61H72BN5O16. The standard InChI is InChI=1S/C26H45BN2O2.C18H12N2O5.C14H10O5.CH5N.2CO2/c1-23(2)14-10-15-24(3,4)28(23)18-20-12-9-13-21(22(20)27(30)31)19-29-25(5,6)16-11-17-26(29,7)8;1-19-15(21)11-5-3-9(7-13(11)17(19)23)25-10-4-6-12-14(8-10)18(24)20(2)16(12)22;15-13(16)11-7-6-10(8-12(11)14(17)18)19-9-4-2-1-3-5-9;1-2;2*2-1-3/h9,12-13,30-31H,10-11,14-19H2,1-8H3;3-8H,1-2H3;1-8H,(H,15,16)(H,17,18);2H2,1H3;;. The summed E-state index contributed by atoms with van der Waals surface area (Å²) in [5.74, 6) is -2.54. The quantitative estimate of drug-likeness (QED) is 0.0626. The Labute approximate surface area is 482 Å². The van der Waals surface area contributed by atoms with Crippen LogP contribution in [0.5, 0.6) is 23.0 Å². The zero-order valence-corrected chi connectivity index (χ0v) is 48.6. The molecule has 2 saturated heterocycles. The molecule has 22 heteroatoms. The number of rotatable bonds is 11. The Hall–Kier alpha value is -8.46. The number of para-hydroxylation sites is 1. The van der Waals surface area contributed by atoms with Gasteiger partial charge in [0.2, 0.25) is 0 Å². The number of hydrogen-bond acceptors (Lipinski definition) is 17. The molecular weight excluding hydrogens is 1070 g/mol. The third-order valence-corrected chi connectivity index (χ3v) is 15.1. The van der Waals surface area contributed by atoms with Gasteiger partial charge in [-0.3, -0.25) is 38.8 Å². The number of piperidine rings is 2. The first-order chi connectivity index (χ1) is 39.0. The average Bonchev–Trinajstić information content (AvgIpc) is 3.70. The molecule has 83 heavy (non-hydrogen) atoms. The highest BCUT2D eigenvalue weighted by Crippen LogP contribution is 2.41. The highest BCUT2D eigenvalue weighted by atomic mass is 16.5. The summed E-state index contributed by atoms with van der Waals surface area (Å²) >= 11 is 0. The van der Waals surface area contributed by atoms with Crippen molar-refractivity contribution in [1.29, 1.82) is 0 Å². The second-order valence-corrected chi connectivity index (χ2v) is 22.2. The average molecular weight is 1140 g/mol. The van der Waals surface area contributed by atoms with Crippen molar-refractivity contribution >= 4 is 60.5 Å². The zero-order chi connectivity index (χ0) is 62.4. The third kappa shape index (κ3) is 16.2. The summed E-state index contributed by atoms with van der Waals surface area (Å²) in [6, 6.07) is 28.1. The minimum atomic E-state index is -1.46. The second-order valence-electron chi connectivity index (χ2n) is 22.2. The summed E-state index contributed by atoms with van der Waals surface area (Å²) in [6.45, 7) is 20.1. The van der Waals surface area contributed by atoms with Crippen molar-refractivity contribution in [2.45, 2.75) is 129 Å². The molecule has 21 nitrogen and oxygen atoms in total. The van der Waals surface area contributed by atoms with Gasteiger partial charge in [0.1, 0.15) is 23.0 Å². The molecule has 5 aromatic carbocycles. The summed E-state index contributed by atoms with van der Waals surface area (Å²) in [4.78, 5) is 110. The number of nitrogens with two attached hydrogens (primary N) is 1. The minimum absolute atomic E-state index is 0.0896. The second kappa shape index (κ2) is 28.5. The van der Waals surface area contributed by atoms with E-state index in [0.29, 0.717) is 33.8 Å². The molecule has 4 aliphatic rings. The number of amides is 4. The number of nitrogens with zero attached hydrogens (tertiary/aromatic N) is 4. The van der Waals surface area contributed by atoms with Crippen LogP contribution in [0.1, 0.15) is 167 Å². The van der Waals surface area contributed by atoms with Gasteiger partial charge >= 0.3 is 31.4 Å². The summed E-state index contributed by atoms with van der Waals surface area (Å²) in [6.07, 6.45) is 7.66. The largest absolute Gasteiger partial charge is 0.489 e. The number of aromatic carboxylic acids is 2. The Kier molecular flexibility index (Phi) is 23.0. The fourth-order valence-electron chi connectivity index (χ4n) is 11.1. The van der Waals surface area contributed by atoms with Gasteiger partial charge in [0, 0.05) is 49.3 Å². The highest BCUT2D eigenvalue weighted by molar-refractivity contribution is 6.59. The molecule has 4 aliphatic heterocycles. The molecule has 0 spiro atoms. The maximum Gasteiger partial charge on any atom is 0.489 e. The maximum atomic E-state index is 12.0. The Balaban J connectivity index is 0.000000257. The highest BCUT2D eigenvalue weighted by Gasteiger charge is 2.44. The van der Waals surface area contributed by atoms with Crippen LogP contribution in [0.4, 0.5) is 0 Å². The van der Waals surface area contributed by atoms with Crippen molar-refractivity contribution in [3.63, 3.8) is 0 Å². The van der Waals surface area contributed by atoms with Crippen LogP contribution in [0.2, 0.25) is 0 Å². The number of benzene rings is 5. The molecule has 0 atom stereocenters. The fourth-order valence-corrected chi connectivity index (χ4v) is 11.1. The number of carbonyl (C=O) groups excluding carboxylic acids is 8. The van der Waals surface area contributed by atoms with Gasteiger partial charge in [0.15, 0.2) is 0 Å². The summed E-state index contributed by atoms with van der Waals surface area (Å²) in [5.41, 5.74) is 8.29. The molecule has 9 rings (SSSR count). The summed E-state index contributed by atoms with van der Waals surface area (Å²) in [5, 5.41) is 38.8. The monoisotopic (exact) mass is 1140 g/mol. The van der Waals surface area contributed by atoms with Crippen LogP contribution in [-0.4, -0.2) is 138 Å². The molecule has 0 aliphatic carbocycles. The van der Waals surface area contributed by atoms with Crippen LogP contribution in [0.25, 0.3) is 0 Å². The Morgan fingerprint density at radius 1 is 0.494 bits per heavy atom. The lowest BCUT2D eigenvalue weighted by molar-refractivity contribution is -0.193. The molecule has 5 aromatic rings. The number of fused-ring (bicyclic) bond motifs is 2. The molecule has 440 valence electrons. The van der Waals surface area contributed by atoms with Crippen molar-refractivity contribution in [1.82, 2.24) is 19.6 Å². The van der Waals surface area contributed by atoms with E-state index in [1.807, 2.05) is 6.07 Å². The van der Waals surface area contributed by atoms with Crippen LogP contribution in [0, 0.1) is 0 Å². The first-order valence-electron chi connectivity index (χ1n) is 26.5. The van der Waals surface area contributed by atoms with E-state index in [1.54, 1.807) is 36.4 Å². The number of hydrogen-bond donors (Lipinski definition) is 5. The Morgan fingerprint density at radius 2 is 0.831 bits per heavy atom.